The summed E-state index contributed by atoms with van der Waals surface area (Å²) in [7, 11) is 3.10. The lowest BCUT2D eigenvalue weighted by Crippen LogP contribution is -2.38. The van der Waals surface area contributed by atoms with Gasteiger partial charge in [-0.05, 0) is 36.8 Å². The summed E-state index contributed by atoms with van der Waals surface area (Å²) in [5.41, 5.74) is 0.562. The third-order valence-corrected chi connectivity index (χ3v) is 5.38. The fourth-order valence-corrected chi connectivity index (χ4v) is 4.29. The molecule has 2 amide bonds. The minimum atomic E-state index is -0.195. The summed E-state index contributed by atoms with van der Waals surface area (Å²) in [5.74, 6) is 0.950. The van der Waals surface area contributed by atoms with Gasteiger partial charge in [0.15, 0.2) is 11.5 Å². The van der Waals surface area contributed by atoms with Crippen LogP contribution in [-0.2, 0) is 9.59 Å². The standard InChI is InChI=1S/C18H19NO4/c1-22-13-8-7-12(9-14(13)23-2)19-17(20)15-10-3-4-11(6-5-10)16(15)18(19)21/h3-4,7-11,15-16H,5-6H2,1-2H3/t10-,11-,15+,16+/m0/s1. The Labute approximate surface area is 134 Å². The van der Waals surface area contributed by atoms with E-state index in [-0.39, 0.29) is 35.5 Å². The van der Waals surface area contributed by atoms with Crippen molar-refractivity contribution in [1.82, 2.24) is 0 Å². The van der Waals surface area contributed by atoms with Crippen molar-refractivity contribution in [3.63, 3.8) is 0 Å². The van der Waals surface area contributed by atoms with Crippen molar-refractivity contribution in [3.05, 3.63) is 30.4 Å². The summed E-state index contributed by atoms with van der Waals surface area (Å²) in [4.78, 5) is 27.1. The number of fused-ring (bicyclic) bond motifs is 1. The molecule has 2 bridgehead atoms. The molecule has 1 aromatic rings. The topological polar surface area (TPSA) is 55.8 Å². The maximum atomic E-state index is 12.9. The summed E-state index contributed by atoms with van der Waals surface area (Å²) in [5, 5.41) is 0. The highest BCUT2D eigenvalue weighted by atomic mass is 16.5. The Hall–Kier alpha value is -2.30. The molecule has 1 aromatic carbocycles. The number of benzene rings is 1. The molecular formula is C18H19NO4. The van der Waals surface area contributed by atoms with Crippen molar-refractivity contribution in [3.8, 4) is 11.5 Å². The Balaban J connectivity index is 1.73. The molecule has 1 saturated heterocycles. The lowest BCUT2D eigenvalue weighted by atomic mass is 9.63. The molecule has 0 unspecified atom stereocenters. The summed E-state index contributed by atoms with van der Waals surface area (Å²) in [6.07, 6.45) is 6.25. The number of hydrogen-bond acceptors (Lipinski definition) is 4. The van der Waals surface area contributed by atoms with Gasteiger partial charge in [-0.25, -0.2) is 4.90 Å². The monoisotopic (exact) mass is 313 g/mol. The molecule has 0 aromatic heterocycles. The third-order valence-electron chi connectivity index (χ3n) is 5.38. The van der Waals surface area contributed by atoms with Crippen LogP contribution in [0.1, 0.15) is 12.8 Å². The molecule has 4 aliphatic rings. The zero-order valence-corrected chi connectivity index (χ0v) is 13.2. The molecule has 0 radical (unpaired) electrons. The minimum Gasteiger partial charge on any atom is -0.493 e. The molecule has 5 nitrogen and oxygen atoms in total. The average Bonchev–Trinajstić information content (AvgIpc) is 2.88. The fraction of sp³-hybridized carbons (Fsp3) is 0.444. The SMILES string of the molecule is COc1ccc(N2C(=O)[C@H]3[C@H](C2=O)[C@H]2C=C[C@H]3CC2)cc1OC. The van der Waals surface area contributed by atoms with Crippen molar-refractivity contribution < 1.29 is 19.1 Å². The second-order valence-corrected chi connectivity index (χ2v) is 6.39. The summed E-state index contributed by atoms with van der Waals surface area (Å²) >= 11 is 0. The van der Waals surface area contributed by atoms with Crippen molar-refractivity contribution >= 4 is 17.5 Å². The van der Waals surface area contributed by atoms with E-state index >= 15 is 0 Å². The van der Waals surface area contributed by atoms with Gasteiger partial charge in [-0.2, -0.15) is 0 Å². The molecule has 3 aliphatic carbocycles. The fourth-order valence-electron chi connectivity index (χ4n) is 4.29. The maximum Gasteiger partial charge on any atom is 0.238 e. The first kappa shape index (κ1) is 14.3. The molecular weight excluding hydrogens is 294 g/mol. The van der Waals surface area contributed by atoms with Crippen LogP contribution >= 0.6 is 0 Å². The molecule has 1 heterocycles. The van der Waals surface area contributed by atoms with Gasteiger partial charge in [0.1, 0.15) is 0 Å². The highest BCUT2D eigenvalue weighted by Crippen LogP contribution is 2.50. The Bertz CT molecular complexity index is 679. The van der Waals surface area contributed by atoms with Gasteiger partial charge in [0.2, 0.25) is 11.8 Å². The molecule has 0 spiro atoms. The quantitative estimate of drug-likeness (QED) is 0.635. The number of rotatable bonds is 3. The van der Waals surface area contributed by atoms with Crippen LogP contribution < -0.4 is 14.4 Å². The van der Waals surface area contributed by atoms with E-state index in [1.165, 1.54) is 4.90 Å². The van der Waals surface area contributed by atoms with Gasteiger partial charge in [-0.15, -0.1) is 0 Å². The smallest absolute Gasteiger partial charge is 0.238 e. The highest BCUT2D eigenvalue weighted by Gasteiger charge is 2.56. The van der Waals surface area contributed by atoms with Crippen molar-refractivity contribution in [1.29, 1.82) is 0 Å². The third kappa shape index (κ3) is 1.92. The van der Waals surface area contributed by atoms with E-state index in [9.17, 15) is 9.59 Å². The maximum absolute atomic E-state index is 12.9. The molecule has 1 saturated carbocycles. The Morgan fingerprint density at radius 3 is 1.96 bits per heavy atom. The molecule has 2 fully saturated rings. The number of methoxy groups -OCH3 is 2. The van der Waals surface area contributed by atoms with E-state index < -0.39 is 0 Å². The number of carbonyl (C=O) groups excluding carboxylic acids is 2. The number of ether oxygens (including phenoxy) is 2. The van der Waals surface area contributed by atoms with Crippen LogP contribution in [0.15, 0.2) is 30.4 Å². The van der Waals surface area contributed by atoms with E-state index in [2.05, 4.69) is 12.2 Å². The number of carbonyl (C=O) groups is 2. The van der Waals surface area contributed by atoms with Crippen LogP contribution in [-0.4, -0.2) is 26.0 Å². The van der Waals surface area contributed by atoms with Crippen molar-refractivity contribution in [2.24, 2.45) is 23.7 Å². The first-order chi connectivity index (χ1) is 11.2. The molecule has 4 atom stereocenters. The predicted octanol–water partition coefficient (Wildman–Crippen LogP) is 2.41. The molecule has 1 aliphatic heterocycles. The second-order valence-electron chi connectivity index (χ2n) is 6.39. The number of amides is 2. The van der Waals surface area contributed by atoms with Crippen molar-refractivity contribution in [2.75, 3.05) is 19.1 Å². The number of anilines is 1. The van der Waals surface area contributed by atoms with E-state index in [1.807, 2.05) is 0 Å². The zero-order chi connectivity index (χ0) is 16.1. The summed E-state index contributed by atoms with van der Waals surface area (Å²) < 4.78 is 10.5. The van der Waals surface area contributed by atoms with E-state index in [0.717, 1.165) is 12.8 Å². The normalized spacial score (nSPS) is 31.5. The van der Waals surface area contributed by atoms with Crippen LogP contribution in [0.5, 0.6) is 11.5 Å². The van der Waals surface area contributed by atoms with Crippen molar-refractivity contribution in [2.45, 2.75) is 12.8 Å². The Morgan fingerprint density at radius 2 is 1.48 bits per heavy atom. The Morgan fingerprint density at radius 1 is 0.913 bits per heavy atom. The van der Waals surface area contributed by atoms with Gasteiger partial charge in [0.05, 0.1) is 31.7 Å². The minimum absolute atomic E-state index is 0.0775. The second kappa shape index (κ2) is 5.11. The Kier molecular flexibility index (Phi) is 3.18. The van der Waals surface area contributed by atoms with Gasteiger partial charge in [0.25, 0.3) is 0 Å². The number of imide groups is 1. The van der Waals surface area contributed by atoms with Gasteiger partial charge in [-0.1, -0.05) is 12.2 Å². The van der Waals surface area contributed by atoms with Crippen LogP contribution in [0.2, 0.25) is 0 Å². The summed E-state index contributed by atoms with van der Waals surface area (Å²) in [6, 6.07) is 5.16. The van der Waals surface area contributed by atoms with Crippen LogP contribution in [0.25, 0.3) is 0 Å². The molecule has 23 heavy (non-hydrogen) atoms. The zero-order valence-electron chi connectivity index (χ0n) is 13.2. The number of allylic oxidation sites excluding steroid dienone is 2. The van der Waals surface area contributed by atoms with E-state index in [0.29, 0.717) is 17.2 Å². The first-order valence-electron chi connectivity index (χ1n) is 7.94. The van der Waals surface area contributed by atoms with E-state index in [4.69, 9.17) is 9.47 Å². The van der Waals surface area contributed by atoms with Gasteiger partial charge >= 0.3 is 0 Å². The van der Waals surface area contributed by atoms with Gasteiger partial charge in [0, 0.05) is 6.07 Å². The molecule has 0 N–H and O–H groups in total. The van der Waals surface area contributed by atoms with E-state index in [1.54, 1.807) is 32.4 Å². The molecule has 5 rings (SSSR count). The highest BCUT2D eigenvalue weighted by molar-refractivity contribution is 6.22. The van der Waals surface area contributed by atoms with Crippen LogP contribution in [0, 0.1) is 23.7 Å². The summed E-state index contributed by atoms with van der Waals surface area (Å²) in [6.45, 7) is 0. The first-order valence-corrected chi connectivity index (χ1v) is 7.94. The largest absolute Gasteiger partial charge is 0.493 e. The van der Waals surface area contributed by atoms with Gasteiger partial charge < -0.3 is 9.47 Å². The number of nitrogens with zero attached hydrogens (tertiary/aromatic N) is 1. The average molecular weight is 313 g/mol. The lowest BCUT2D eigenvalue weighted by Gasteiger charge is -2.38. The number of hydrogen-bond donors (Lipinski definition) is 0. The van der Waals surface area contributed by atoms with Gasteiger partial charge in [-0.3, -0.25) is 9.59 Å². The predicted molar refractivity (Wildman–Crippen MR) is 84.4 cm³/mol. The molecule has 120 valence electrons. The lowest BCUT2D eigenvalue weighted by molar-refractivity contribution is -0.124. The molecule has 5 heteroatoms. The van der Waals surface area contributed by atoms with Crippen LogP contribution in [0.4, 0.5) is 5.69 Å². The van der Waals surface area contributed by atoms with Crippen LogP contribution in [0.3, 0.4) is 0 Å².